The number of nitrogens with one attached hydrogen (secondary N) is 3. The van der Waals surface area contributed by atoms with Gasteiger partial charge in [-0.25, -0.2) is 31.3 Å². The van der Waals surface area contributed by atoms with Crippen LogP contribution in [0.2, 0.25) is 0 Å². The zero-order valence-corrected chi connectivity index (χ0v) is 12.9. The van der Waals surface area contributed by atoms with Gasteiger partial charge >= 0.3 is 0 Å². The third kappa shape index (κ3) is 5.82. The lowest BCUT2D eigenvalue weighted by molar-refractivity contribution is 0.573. The van der Waals surface area contributed by atoms with Gasteiger partial charge in [0, 0.05) is 31.9 Å². The van der Waals surface area contributed by atoms with Crippen LogP contribution in [0.3, 0.4) is 0 Å². The van der Waals surface area contributed by atoms with Crippen LogP contribution in [0, 0.1) is 0 Å². The summed E-state index contributed by atoms with van der Waals surface area (Å²) < 4.78 is 50.1. The molecule has 1 heterocycles. The minimum atomic E-state index is -3.68. The van der Waals surface area contributed by atoms with Crippen LogP contribution in [0.4, 0.5) is 5.82 Å². The van der Waals surface area contributed by atoms with Gasteiger partial charge in [0.25, 0.3) is 0 Å². The highest BCUT2D eigenvalue weighted by Gasteiger charge is 2.14. The Bertz CT molecular complexity index is 643. The highest BCUT2D eigenvalue weighted by molar-refractivity contribution is 7.89. The molecule has 114 valence electrons. The Kier molecular flexibility index (Phi) is 5.87. The SMILES string of the molecule is CCNc1cc(S(=O)(=O)NCCNS(C)(=O)=O)ccn1. The summed E-state index contributed by atoms with van der Waals surface area (Å²) >= 11 is 0. The Hall–Kier alpha value is -1.23. The van der Waals surface area contributed by atoms with Crippen molar-refractivity contribution in [1.29, 1.82) is 0 Å². The van der Waals surface area contributed by atoms with Crippen molar-refractivity contribution in [2.45, 2.75) is 11.8 Å². The molecule has 0 unspecified atom stereocenters. The fourth-order valence-corrected chi connectivity index (χ4v) is 2.88. The maximum Gasteiger partial charge on any atom is 0.240 e. The number of pyridine rings is 1. The lowest BCUT2D eigenvalue weighted by atomic mass is 10.4. The van der Waals surface area contributed by atoms with Gasteiger partial charge in [-0.3, -0.25) is 0 Å². The van der Waals surface area contributed by atoms with E-state index in [1.54, 1.807) is 0 Å². The molecule has 0 aliphatic heterocycles. The first-order chi connectivity index (χ1) is 9.24. The van der Waals surface area contributed by atoms with Gasteiger partial charge in [-0.05, 0) is 13.0 Å². The molecule has 0 saturated carbocycles. The normalized spacial score (nSPS) is 12.3. The van der Waals surface area contributed by atoms with Crippen molar-refractivity contribution in [2.24, 2.45) is 0 Å². The molecule has 0 spiro atoms. The van der Waals surface area contributed by atoms with Crippen molar-refractivity contribution in [3.05, 3.63) is 18.3 Å². The van der Waals surface area contributed by atoms with Crippen LogP contribution in [0.5, 0.6) is 0 Å². The number of hydrogen-bond acceptors (Lipinski definition) is 6. The standard InChI is InChI=1S/C10H18N4O4S2/c1-3-11-10-8-9(4-5-12-10)20(17,18)14-7-6-13-19(2,15)16/h4-5,8,13-14H,3,6-7H2,1-2H3,(H,11,12). The Morgan fingerprint density at radius 2 is 1.80 bits per heavy atom. The highest BCUT2D eigenvalue weighted by atomic mass is 32.2. The van der Waals surface area contributed by atoms with E-state index in [1.165, 1.54) is 18.3 Å². The largest absolute Gasteiger partial charge is 0.370 e. The molecule has 0 atom stereocenters. The first-order valence-electron chi connectivity index (χ1n) is 5.89. The van der Waals surface area contributed by atoms with E-state index in [-0.39, 0.29) is 18.0 Å². The molecule has 0 aliphatic carbocycles. The maximum atomic E-state index is 12.0. The zero-order chi connectivity index (χ0) is 15.2. The minimum absolute atomic E-state index is 0.0107. The smallest absolute Gasteiger partial charge is 0.240 e. The summed E-state index contributed by atoms with van der Waals surface area (Å²) in [6.45, 7) is 2.46. The van der Waals surface area contributed by atoms with Crippen molar-refractivity contribution in [2.75, 3.05) is 31.2 Å². The second kappa shape index (κ2) is 6.97. The number of hydrogen-bond donors (Lipinski definition) is 3. The quantitative estimate of drug-likeness (QED) is 0.547. The molecule has 3 N–H and O–H groups in total. The summed E-state index contributed by atoms with van der Waals surface area (Å²) in [5, 5.41) is 2.91. The van der Waals surface area contributed by atoms with E-state index < -0.39 is 20.0 Å². The lowest BCUT2D eigenvalue weighted by Crippen LogP contribution is -2.34. The number of rotatable bonds is 8. The van der Waals surface area contributed by atoms with Crippen LogP contribution in [0.1, 0.15) is 6.92 Å². The fourth-order valence-electron chi connectivity index (χ4n) is 1.36. The molecule has 1 aromatic rings. The number of aromatic nitrogens is 1. The Labute approximate surface area is 119 Å². The van der Waals surface area contributed by atoms with Crippen LogP contribution in [0.15, 0.2) is 23.2 Å². The van der Waals surface area contributed by atoms with E-state index in [2.05, 4.69) is 19.7 Å². The fraction of sp³-hybridized carbons (Fsp3) is 0.500. The molecule has 0 saturated heterocycles. The monoisotopic (exact) mass is 322 g/mol. The third-order valence-corrected chi connectivity index (χ3v) is 4.37. The van der Waals surface area contributed by atoms with Crippen molar-refractivity contribution in [1.82, 2.24) is 14.4 Å². The van der Waals surface area contributed by atoms with E-state index in [9.17, 15) is 16.8 Å². The minimum Gasteiger partial charge on any atom is -0.370 e. The summed E-state index contributed by atoms with van der Waals surface area (Å²) in [4.78, 5) is 4.05. The van der Waals surface area contributed by atoms with Gasteiger partial charge in [-0.1, -0.05) is 0 Å². The van der Waals surface area contributed by atoms with Crippen molar-refractivity contribution < 1.29 is 16.8 Å². The molecule has 0 radical (unpaired) electrons. The predicted octanol–water partition coefficient (Wildman–Crippen LogP) is -0.659. The van der Waals surface area contributed by atoms with E-state index in [1.807, 2.05) is 6.92 Å². The molecular weight excluding hydrogens is 304 g/mol. The van der Waals surface area contributed by atoms with Crippen LogP contribution in [-0.2, 0) is 20.0 Å². The van der Waals surface area contributed by atoms with Crippen LogP contribution >= 0.6 is 0 Å². The zero-order valence-electron chi connectivity index (χ0n) is 11.3. The number of anilines is 1. The lowest BCUT2D eigenvalue weighted by Gasteiger charge is -2.08. The summed E-state index contributed by atoms with van der Waals surface area (Å²) in [6.07, 6.45) is 2.40. The van der Waals surface area contributed by atoms with Crippen molar-refractivity contribution in [3.8, 4) is 0 Å². The molecule has 1 aromatic heterocycles. The Morgan fingerprint density at radius 3 is 2.40 bits per heavy atom. The average molecular weight is 322 g/mol. The maximum absolute atomic E-state index is 12.0. The molecule has 0 amide bonds. The topological polar surface area (TPSA) is 117 Å². The molecule has 0 aromatic carbocycles. The molecule has 0 fully saturated rings. The predicted molar refractivity (Wildman–Crippen MR) is 76.4 cm³/mol. The third-order valence-electron chi connectivity index (χ3n) is 2.18. The molecule has 0 aliphatic rings. The van der Waals surface area contributed by atoms with Crippen LogP contribution < -0.4 is 14.8 Å². The Morgan fingerprint density at radius 1 is 1.15 bits per heavy atom. The van der Waals surface area contributed by atoms with Crippen LogP contribution in [-0.4, -0.2) is 47.7 Å². The van der Waals surface area contributed by atoms with Gasteiger partial charge in [0.15, 0.2) is 0 Å². The summed E-state index contributed by atoms with van der Waals surface area (Å²) in [5.41, 5.74) is 0. The summed E-state index contributed by atoms with van der Waals surface area (Å²) in [6, 6.07) is 2.78. The molecule has 0 bridgehead atoms. The number of sulfonamides is 2. The van der Waals surface area contributed by atoms with Gasteiger partial charge in [0.05, 0.1) is 11.2 Å². The molecule has 20 heavy (non-hydrogen) atoms. The van der Waals surface area contributed by atoms with Gasteiger partial charge in [-0.2, -0.15) is 0 Å². The van der Waals surface area contributed by atoms with E-state index in [0.717, 1.165) is 6.26 Å². The van der Waals surface area contributed by atoms with E-state index in [4.69, 9.17) is 0 Å². The van der Waals surface area contributed by atoms with Crippen LogP contribution in [0.25, 0.3) is 0 Å². The van der Waals surface area contributed by atoms with Crippen molar-refractivity contribution in [3.63, 3.8) is 0 Å². The molecule has 8 nitrogen and oxygen atoms in total. The van der Waals surface area contributed by atoms with Gasteiger partial charge in [-0.15, -0.1) is 0 Å². The van der Waals surface area contributed by atoms with E-state index >= 15 is 0 Å². The Balaban J connectivity index is 2.66. The van der Waals surface area contributed by atoms with Crippen molar-refractivity contribution >= 4 is 25.9 Å². The summed E-state index contributed by atoms with van der Waals surface area (Å²) in [5.74, 6) is 0.463. The van der Waals surface area contributed by atoms with E-state index in [0.29, 0.717) is 12.4 Å². The number of nitrogens with zero attached hydrogens (tertiary/aromatic N) is 1. The van der Waals surface area contributed by atoms with Gasteiger partial charge < -0.3 is 5.32 Å². The average Bonchev–Trinajstić information content (AvgIpc) is 2.34. The second-order valence-corrected chi connectivity index (χ2v) is 7.57. The molecular formula is C10H18N4O4S2. The molecule has 1 rings (SSSR count). The summed E-state index contributed by atoms with van der Waals surface area (Å²) in [7, 11) is -7.01. The van der Waals surface area contributed by atoms with Gasteiger partial charge in [0.1, 0.15) is 5.82 Å². The highest BCUT2D eigenvalue weighted by Crippen LogP contribution is 2.11. The molecule has 10 heteroatoms. The van der Waals surface area contributed by atoms with Gasteiger partial charge in [0.2, 0.25) is 20.0 Å². The first-order valence-corrected chi connectivity index (χ1v) is 9.26. The second-order valence-electron chi connectivity index (χ2n) is 3.97. The first kappa shape index (κ1) is 16.8.